The van der Waals surface area contributed by atoms with Gasteiger partial charge >= 0.3 is 0 Å². The van der Waals surface area contributed by atoms with Gasteiger partial charge in [0.1, 0.15) is 12.4 Å². The molecule has 0 aromatic heterocycles. The quantitative estimate of drug-likeness (QED) is 0.668. The summed E-state index contributed by atoms with van der Waals surface area (Å²) in [7, 11) is 0. The van der Waals surface area contributed by atoms with Crippen molar-refractivity contribution in [3.63, 3.8) is 0 Å². The van der Waals surface area contributed by atoms with Crippen LogP contribution in [0.4, 0.5) is 4.39 Å². The minimum Gasteiger partial charge on any atom is -0.342 e. The Kier molecular flexibility index (Phi) is 5.59. The van der Waals surface area contributed by atoms with Crippen molar-refractivity contribution in [1.29, 1.82) is 0 Å². The van der Waals surface area contributed by atoms with Crippen LogP contribution in [0.2, 0.25) is 0 Å². The molecule has 2 aromatic carbocycles. The molecule has 1 nitrogen and oxygen atoms in total. The molecule has 2 aromatic rings. The molecule has 0 amide bonds. The monoisotopic (exact) mass is 394 g/mol. The average molecular weight is 395 g/mol. The third kappa shape index (κ3) is 3.89. The number of rotatable bonds is 5. The molecule has 0 bridgehead atoms. The highest BCUT2D eigenvalue weighted by Crippen LogP contribution is 2.56. The Morgan fingerprint density at radius 2 is 1.83 bits per heavy atom. The molecule has 0 spiro atoms. The van der Waals surface area contributed by atoms with Crippen LogP contribution < -0.4 is 5.32 Å². The van der Waals surface area contributed by atoms with Crippen LogP contribution >= 0.6 is 0 Å². The first kappa shape index (κ1) is 20.6. The third-order valence-corrected chi connectivity index (χ3v) is 8.07. The lowest BCUT2D eigenvalue weighted by Gasteiger charge is -2.54. The summed E-state index contributed by atoms with van der Waals surface area (Å²) in [5.74, 6) is 1.19. The highest BCUT2D eigenvalue weighted by molar-refractivity contribution is 5.42. The molecule has 29 heavy (non-hydrogen) atoms. The van der Waals surface area contributed by atoms with E-state index in [1.165, 1.54) is 43.2 Å². The van der Waals surface area contributed by atoms with Gasteiger partial charge in [0.05, 0.1) is 6.54 Å². The first-order chi connectivity index (χ1) is 13.8. The van der Waals surface area contributed by atoms with Crippen LogP contribution in [-0.4, -0.2) is 6.54 Å². The Bertz CT molecular complexity index is 855. The summed E-state index contributed by atoms with van der Waals surface area (Å²) in [5, 5.41) is 2.45. The first-order valence-electron chi connectivity index (χ1n) is 11.5. The van der Waals surface area contributed by atoms with E-state index in [0.29, 0.717) is 16.7 Å². The lowest BCUT2D eigenvalue weighted by atomic mass is 9.49. The summed E-state index contributed by atoms with van der Waals surface area (Å²) in [6.07, 6.45) is 6.50. The average Bonchev–Trinajstić information content (AvgIpc) is 2.69. The van der Waals surface area contributed by atoms with Crippen molar-refractivity contribution in [1.82, 2.24) is 0 Å². The van der Waals surface area contributed by atoms with Crippen LogP contribution in [0.3, 0.4) is 0 Å². The van der Waals surface area contributed by atoms with E-state index in [4.69, 9.17) is 0 Å². The maximum absolute atomic E-state index is 13.2. The van der Waals surface area contributed by atoms with Crippen molar-refractivity contribution < 1.29 is 9.71 Å². The molecule has 156 valence electrons. The fourth-order valence-electron chi connectivity index (χ4n) is 6.44. The Labute approximate surface area is 176 Å². The summed E-state index contributed by atoms with van der Waals surface area (Å²) >= 11 is 0. The molecule has 2 N–H and O–H groups in total. The summed E-state index contributed by atoms with van der Waals surface area (Å²) in [5.41, 5.74) is 6.60. The van der Waals surface area contributed by atoms with E-state index in [1.54, 1.807) is 23.3 Å². The molecule has 0 unspecified atom stereocenters. The van der Waals surface area contributed by atoms with Gasteiger partial charge in [0.25, 0.3) is 0 Å². The fourth-order valence-corrected chi connectivity index (χ4v) is 6.44. The number of benzene rings is 2. The second-order valence-corrected chi connectivity index (χ2v) is 10.4. The first-order valence-corrected chi connectivity index (χ1v) is 11.5. The highest BCUT2D eigenvalue weighted by atomic mass is 19.1. The van der Waals surface area contributed by atoms with Gasteiger partial charge in [0, 0.05) is 11.0 Å². The predicted octanol–water partition coefficient (Wildman–Crippen LogP) is 5.72. The van der Waals surface area contributed by atoms with Crippen LogP contribution in [0, 0.1) is 17.2 Å². The Morgan fingerprint density at radius 1 is 1.07 bits per heavy atom. The minimum atomic E-state index is -0.148. The zero-order valence-corrected chi connectivity index (χ0v) is 18.6. The second-order valence-electron chi connectivity index (χ2n) is 10.4. The number of quaternary nitrogens is 1. The van der Waals surface area contributed by atoms with Crippen molar-refractivity contribution in [3.05, 3.63) is 70.5 Å². The molecule has 0 radical (unpaired) electrons. The van der Waals surface area contributed by atoms with E-state index >= 15 is 0 Å². The molecule has 2 heteroatoms. The van der Waals surface area contributed by atoms with Gasteiger partial charge in [-0.2, -0.15) is 0 Å². The minimum absolute atomic E-state index is 0.148. The molecule has 1 fully saturated rings. The van der Waals surface area contributed by atoms with E-state index in [1.807, 2.05) is 12.1 Å². The number of fused-ring (bicyclic) bond motifs is 3. The van der Waals surface area contributed by atoms with Crippen LogP contribution in [0.5, 0.6) is 0 Å². The topological polar surface area (TPSA) is 16.6 Å². The molecular weight excluding hydrogens is 357 g/mol. The Hall–Kier alpha value is -1.67. The second kappa shape index (κ2) is 7.87. The Balaban J connectivity index is 1.52. The highest BCUT2D eigenvalue weighted by Gasteiger charge is 2.52. The number of hydrogen-bond acceptors (Lipinski definition) is 0. The third-order valence-electron chi connectivity index (χ3n) is 8.07. The van der Waals surface area contributed by atoms with Crippen molar-refractivity contribution >= 4 is 0 Å². The molecule has 2 aliphatic rings. The summed E-state index contributed by atoms with van der Waals surface area (Å²) < 4.78 is 13.2. The predicted molar refractivity (Wildman–Crippen MR) is 119 cm³/mol. The van der Waals surface area contributed by atoms with Gasteiger partial charge in [0.15, 0.2) is 0 Å². The van der Waals surface area contributed by atoms with E-state index in [9.17, 15) is 4.39 Å². The van der Waals surface area contributed by atoms with Gasteiger partial charge < -0.3 is 5.32 Å². The Morgan fingerprint density at radius 3 is 2.55 bits per heavy atom. The standard InChI is InChI=1S/C27H36FN/c1-19(2)21-8-12-24-22(16-21)9-13-25-26(3,14-5-15-27(24,25)4)18-29-17-20-6-10-23(28)11-7-20/h6-8,10-12,16,19,25,29H,5,9,13-15,17-18H2,1-4H3/p+1/t25-,26-,27+/m0/s1. The number of hydrogen-bond donors (Lipinski definition) is 1. The zero-order valence-electron chi connectivity index (χ0n) is 18.6. The molecule has 1 saturated carbocycles. The lowest BCUT2D eigenvalue weighted by molar-refractivity contribution is -0.683. The molecule has 3 atom stereocenters. The zero-order chi connectivity index (χ0) is 20.6. The summed E-state index contributed by atoms with van der Waals surface area (Å²) in [6, 6.07) is 14.3. The maximum atomic E-state index is 13.2. The molecule has 4 rings (SSSR count). The smallest absolute Gasteiger partial charge is 0.123 e. The van der Waals surface area contributed by atoms with Crippen LogP contribution in [0.15, 0.2) is 42.5 Å². The fraction of sp³-hybridized carbons (Fsp3) is 0.556. The van der Waals surface area contributed by atoms with Crippen LogP contribution in [0.1, 0.15) is 81.5 Å². The molecule has 0 aliphatic heterocycles. The van der Waals surface area contributed by atoms with Crippen LogP contribution in [0.25, 0.3) is 0 Å². The largest absolute Gasteiger partial charge is 0.342 e. The molecule has 0 saturated heterocycles. The maximum Gasteiger partial charge on any atom is 0.123 e. The number of nitrogens with two attached hydrogens (primary N) is 1. The molecular formula is C27H37FN+. The van der Waals surface area contributed by atoms with Crippen molar-refractivity contribution in [2.24, 2.45) is 11.3 Å². The summed E-state index contributed by atoms with van der Waals surface area (Å²) in [4.78, 5) is 0. The van der Waals surface area contributed by atoms with E-state index in [0.717, 1.165) is 19.0 Å². The van der Waals surface area contributed by atoms with Gasteiger partial charge in [-0.05, 0) is 71.8 Å². The van der Waals surface area contributed by atoms with Crippen molar-refractivity contribution in [2.45, 2.75) is 77.7 Å². The van der Waals surface area contributed by atoms with E-state index in [2.05, 4.69) is 51.2 Å². The number of aryl methyl sites for hydroxylation is 1. The van der Waals surface area contributed by atoms with Gasteiger partial charge in [-0.15, -0.1) is 0 Å². The van der Waals surface area contributed by atoms with Crippen molar-refractivity contribution in [2.75, 3.05) is 6.54 Å². The molecule has 2 aliphatic carbocycles. The van der Waals surface area contributed by atoms with E-state index in [-0.39, 0.29) is 5.82 Å². The van der Waals surface area contributed by atoms with E-state index < -0.39 is 0 Å². The number of halogens is 1. The lowest BCUT2D eigenvalue weighted by Crippen LogP contribution is -2.86. The van der Waals surface area contributed by atoms with Crippen molar-refractivity contribution in [3.8, 4) is 0 Å². The van der Waals surface area contributed by atoms with Gasteiger partial charge in [0.2, 0.25) is 0 Å². The van der Waals surface area contributed by atoms with Crippen LogP contribution in [-0.2, 0) is 18.4 Å². The summed E-state index contributed by atoms with van der Waals surface area (Å²) in [6.45, 7) is 11.8. The molecule has 0 heterocycles. The van der Waals surface area contributed by atoms with Gasteiger partial charge in [-0.1, -0.05) is 64.4 Å². The van der Waals surface area contributed by atoms with Gasteiger partial charge in [-0.25, -0.2) is 4.39 Å². The SMILES string of the molecule is CC(C)c1ccc2c(c1)CC[C@H]1[C@](C)(C[NH2+]Cc3ccc(F)cc3)CCC[C@]21C. The van der Waals surface area contributed by atoms with Gasteiger partial charge in [-0.3, -0.25) is 0 Å². The normalized spacial score (nSPS) is 28.8.